The molecule has 2 aromatic heterocycles. The highest BCUT2D eigenvalue weighted by molar-refractivity contribution is 7.29. The summed E-state index contributed by atoms with van der Waals surface area (Å²) in [6.07, 6.45) is 5.21. The van der Waals surface area contributed by atoms with Crippen molar-refractivity contribution >= 4 is 49.2 Å². The number of nitrogens with zero attached hydrogens (tertiary/aromatic N) is 2. The lowest BCUT2D eigenvalue weighted by Crippen LogP contribution is -2.38. The summed E-state index contributed by atoms with van der Waals surface area (Å²) in [6.45, 7) is 2.15. The highest BCUT2D eigenvalue weighted by Crippen LogP contribution is 2.36. The predicted molar refractivity (Wildman–Crippen MR) is 99.8 cm³/mol. The maximum absolute atomic E-state index is 12.5. The molecule has 2 aromatic rings. The average molecular weight is 380 g/mol. The molecule has 2 aliphatic rings. The lowest BCUT2D eigenvalue weighted by molar-refractivity contribution is -0.142. The molecule has 6 nitrogen and oxygen atoms in total. The molecular formula is C17H21N3O3S2. The number of aliphatic carboxylic acids is 1. The Bertz CT molecular complexity index is 755. The number of thiophene rings is 1. The van der Waals surface area contributed by atoms with Crippen molar-refractivity contribution in [1.29, 1.82) is 0 Å². The van der Waals surface area contributed by atoms with Gasteiger partial charge in [0.15, 0.2) is 5.13 Å². The minimum absolute atomic E-state index is 0.0586. The van der Waals surface area contributed by atoms with E-state index in [1.807, 2.05) is 6.07 Å². The third-order valence-electron chi connectivity index (χ3n) is 5.09. The zero-order chi connectivity index (χ0) is 17.4. The molecule has 134 valence electrons. The van der Waals surface area contributed by atoms with Gasteiger partial charge in [-0.15, -0.1) is 11.3 Å². The molecule has 0 bridgehead atoms. The number of rotatable bonds is 4. The number of carbonyl (C=O) groups excluding carboxylic acids is 1. The van der Waals surface area contributed by atoms with Crippen LogP contribution < -0.4 is 10.2 Å². The molecule has 1 saturated heterocycles. The third-order valence-corrected chi connectivity index (χ3v) is 7.31. The topological polar surface area (TPSA) is 82.5 Å². The fourth-order valence-electron chi connectivity index (χ4n) is 3.62. The van der Waals surface area contributed by atoms with E-state index in [-0.39, 0.29) is 17.9 Å². The minimum Gasteiger partial charge on any atom is -0.481 e. The summed E-state index contributed by atoms with van der Waals surface area (Å²) in [5.41, 5.74) is 0. The predicted octanol–water partition coefficient (Wildman–Crippen LogP) is 3.33. The van der Waals surface area contributed by atoms with Crippen LogP contribution in [0.25, 0.3) is 9.53 Å². The monoisotopic (exact) mass is 379 g/mol. The van der Waals surface area contributed by atoms with Gasteiger partial charge in [-0.05, 0) is 44.6 Å². The first kappa shape index (κ1) is 16.8. The molecule has 0 aromatic carbocycles. The molecule has 0 unspecified atom stereocenters. The summed E-state index contributed by atoms with van der Waals surface area (Å²) in [5, 5.41) is 13.2. The Labute approximate surface area is 153 Å². The molecule has 0 atom stereocenters. The highest BCUT2D eigenvalue weighted by atomic mass is 32.1. The Morgan fingerprint density at radius 3 is 2.52 bits per heavy atom. The standard InChI is InChI=1S/C17H21N3O3S2/c21-14(18-11-5-3-10(4-6-11)16(22)23)12-9-13-15(24-12)19-17(25-13)20-7-1-2-8-20/h9-11H,1-8H2,(H,18,21)(H,22,23). The van der Waals surface area contributed by atoms with Crippen LogP contribution in [0.1, 0.15) is 48.2 Å². The van der Waals surface area contributed by atoms with Gasteiger partial charge < -0.3 is 15.3 Å². The van der Waals surface area contributed by atoms with Gasteiger partial charge in [-0.25, -0.2) is 4.98 Å². The van der Waals surface area contributed by atoms with Crippen LogP contribution in [0.4, 0.5) is 5.13 Å². The van der Waals surface area contributed by atoms with Gasteiger partial charge in [0.2, 0.25) is 0 Å². The van der Waals surface area contributed by atoms with E-state index < -0.39 is 5.97 Å². The summed E-state index contributed by atoms with van der Waals surface area (Å²) in [5.74, 6) is -1.03. The SMILES string of the molecule is O=C(NC1CCC(C(=O)O)CC1)c1cc2sc(N3CCCC3)nc2s1. The Morgan fingerprint density at radius 1 is 1.16 bits per heavy atom. The third kappa shape index (κ3) is 3.50. The number of thiazole rings is 1. The quantitative estimate of drug-likeness (QED) is 0.851. The second-order valence-electron chi connectivity index (χ2n) is 6.83. The van der Waals surface area contributed by atoms with E-state index in [2.05, 4.69) is 10.2 Å². The highest BCUT2D eigenvalue weighted by Gasteiger charge is 2.27. The van der Waals surface area contributed by atoms with E-state index in [0.717, 1.165) is 40.6 Å². The zero-order valence-corrected chi connectivity index (χ0v) is 15.5. The second kappa shape index (κ2) is 6.92. The molecule has 0 radical (unpaired) electrons. The zero-order valence-electron chi connectivity index (χ0n) is 13.9. The number of hydrogen-bond acceptors (Lipinski definition) is 6. The molecule has 1 saturated carbocycles. The van der Waals surface area contributed by atoms with Crippen LogP contribution >= 0.6 is 22.7 Å². The van der Waals surface area contributed by atoms with Gasteiger partial charge in [0.25, 0.3) is 5.91 Å². The fourth-order valence-corrected chi connectivity index (χ4v) is 5.79. The number of carboxylic acid groups (broad SMARTS) is 1. The summed E-state index contributed by atoms with van der Waals surface area (Å²) < 4.78 is 1.08. The average Bonchev–Trinajstić information content (AvgIpc) is 3.30. The summed E-state index contributed by atoms with van der Waals surface area (Å²) >= 11 is 3.11. The van der Waals surface area contributed by atoms with Gasteiger partial charge in [0, 0.05) is 19.1 Å². The van der Waals surface area contributed by atoms with Gasteiger partial charge in [0.05, 0.1) is 15.5 Å². The molecular weight excluding hydrogens is 358 g/mol. The van der Waals surface area contributed by atoms with Crippen molar-refractivity contribution in [3.8, 4) is 0 Å². The number of anilines is 1. The minimum atomic E-state index is -0.719. The van der Waals surface area contributed by atoms with Gasteiger partial charge in [-0.2, -0.15) is 0 Å². The van der Waals surface area contributed by atoms with Crippen LogP contribution in [0.5, 0.6) is 0 Å². The second-order valence-corrected chi connectivity index (χ2v) is 8.87. The normalized spacial score (nSPS) is 23.9. The molecule has 25 heavy (non-hydrogen) atoms. The van der Waals surface area contributed by atoms with Gasteiger partial charge in [-0.1, -0.05) is 11.3 Å². The Hall–Kier alpha value is -1.67. The van der Waals surface area contributed by atoms with E-state index in [0.29, 0.717) is 17.7 Å². The fraction of sp³-hybridized carbons (Fsp3) is 0.588. The summed E-state index contributed by atoms with van der Waals surface area (Å²) in [6, 6.07) is 2.02. The molecule has 3 heterocycles. The van der Waals surface area contributed by atoms with Gasteiger partial charge in [0.1, 0.15) is 4.83 Å². The van der Waals surface area contributed by atoms with E-state index in [1.54, 1.807) is 11.3 Å². The van der Waals surface area contributed by atoms with E-state index in [4.69, 9.17) is 10.1 Å². The Morgan fingerprint density at radius 2 is 1.88 bits per heavy atom. The first-order valence-electron chi connectivity index (χ1n) is 8.79. The molecule has 1 amide bonds. The maximum atomic E-state index is 12.5. The lowest BCUT2D eigenvalue weighted by Gasteiger charge is -2.26. The molecule has 2 N–H and O–H groups in total. The number of amides is 1. The van der Waals surface area contributed by atoms with Crippen molar-refractivity contribution in [2.75, 3.05) is 18.0 Å². The number of carboxylic acids is 1. The van der Waals surface area contributed by atoms with Crippen molar-refractivity contribution in [1.82, 2.24) is 10.3 Å². The lowest BCUT2D eigenvalue weighted by atomic mass is 9.86. The van der Waals surface area contributed by atoms with Crippen LogP contribution in [0.2, 0.25) is 0 Å². The number of carbonyl (C=O) groups is 2. The molecule has 8 heteroatoms. The number of hydrogen-bond donors (Lipinski definition) is 2. The van der Waals surface area contributed by atoms with Crippen LogP contribution in [0.15, 0.2) is 6.07 Å². The molecule has 1 aliphatic carbocycles. The Balaban J connectivity index is 1.39. The van der Waals surface area contributed by atoms with Crippen molar-refractivity contribution in [3.63, 3.8) is 0 Å². The van der Waals surface area contributed by atoms with Crippen molar-refractivity contribution in [2.45, 2.75) is 44.6 Å². The molecule has 4 rings (SSSR count). The van der Waals surface area contributed by atoms with Gasteiger partial charge >= 0.3 is 5.97 Å². The Kier molecular flexibility index (Phi) is 4.64. The van der Waals surface area contributed by atoms with Crippen LogP contribution in [-0.4, -0.2) is 41.1 Å². The van der Waals surface area contributed by atoms with E-state index >= 15 is 0 Å². The maximum Gasteiger partial charge on any atom is 0.306 e. The van der Waals surface area contributed by atoms with E-state index in [1.165, 1.54) is 24.2 Å². The first-order valence-corrected chi connectivity index (χ1v) is 10.4. The smallest absolute Gasteiger partial charge is 0.306 e. The molecule has 2 fully saturated rings. The number of fused-ring (bicyclic) bond motifs is 1. The number of nitrogens with one attached hydrogen (secondary N) is 1. The largest absolute Gasteiger partial charge is 0.481 e. The molecule has 1 aliphatic heterocycles. The van der Waals surface area contributed by atoms with Crippen molar-refractivity contribution in [2.24, 2.45) is 5.92 Å². The molecule has 0 spiro atoms. The van der Waals surface area contributed by atoms with Crippen LogP contribution in [0, 0.1) is 5.92 Å². The van der Waals surface area contributed by atoms with Crippen LogP contribution in [0.3, 0.4) is 0 Å². The van der Waals surface area contributed by atoms with Crippen LogP contribution in [-0.2, 0) is 4.79 Å². The van der Waals surface area contributed by atoms with Crippen molar-refractivity contribution < 1.29 is 14.7 Å². The van der Waals surface area contributed by atoms with Crippen molar-refractivity contribution in [3.05, 3.63) is 10.9 Å². The summed E-state index contributed by atoms with van der Waals surface area (Å²) in [7, 11) is 0. The van der Waals surface area contributed by atoms with Gasteiger partial charge in [-0.3, -0.25) is 9.59 Å². The van der Waals surface area contributed by atoms with E-state index in [9.17, 15) is 9.59 Å². The number of aromatic nitrogens is 1. The summed E-state index contributed by atoms with van der Waals surface area (Å²) in [4.78, 5) is 32.1. The first-order chi connectivity index (χ1) is 12.1.